The van der Waals surface area contributed by atoms with Gasteiger partial charge < -0.3 is 11.1 Å². The summed E-state index contributed by atoms with van der Waals surface area (Å²) in [4.78, 5) is 13.8. The van der Waals surface area contributed by atoms with E-state index in [1.807, 2.05) is 30.4 Å². The summed E-state index contributed by atoms with van der Waals surface area (Å²) in [7, 11) is 0. The number of carbonyl (C=O) groups excluding carboxylic acids is 1. The normalized spacial score (nSPS) is 11.4. The van der Waals surface area contributed by atoms with Gasteiger partial charge in [-0.25, -0.2) is 0 Å². The molecule has 2 aromatic rings. The van der Waals surface area contributed by atoms with Gasteiger partial charge in [0.1, 0.15) is 0 Å². The smallest absolute Gasteiger partial charge is 0.248 e. The lowest BCUT2D eigenvalue weighted by Crippen LogP contribution is -2.11. The number of hydrogen-bond donors (Lipinski definition) is 2. The zero-order chi connectivity index (χ0) is 15.6. The van der Waals surface area contributed by atoms with Crippen molar-refractivity contribution in [2.24, 2.45) is 5.73 Å². The maximum atomic E-state index is 11.1. The molecule has 1 heterocycles. The summed E-state index contributed by atoms with van der Waals surface area (Å²) in [5.74, 6) is -0.391. The van der Waals surface area contributed by atoms with Crippen LogP contribution in [0, 0.1) is 6.92 Å². The second-order valence-corrected chi connectivity index (χ2v) is 7.43. The van der Waals surface area contributed by atoms with Crippen LogP contribution in [0.25, 0.3) is 0 Å². The van der Waals surface area contributed by atoms with Crippen molar-refractivity contribution in [2.75, 3.05) is 5.32 Å². The van der Waals surface area contributed by atoms with Crippen molar-refractivity contribution >= 4 is 22.9 Å². The Balaban J connectivity index is 2.06. The molecule has 4 heteroatoms. The van der Waals surface area contributed by atoms with Gasteiger partial charge in [0.2, 0.25) is 5.91 Å². The molecule has 2 rings (SSSR count). The average Bonchev–Trinajstić information content (AvgIpc) is 2.85. The predicted molar refractivity (Wildman–Crippen MR) is 90.0 cm³/mol. The van der Waals surface area contributed by atoms with Crippen LogP contribution in [0.1, 0.15) is 46.4 Å². The molecule has 0 spiro atoms. The lowest BCUT2D eigenvalue weighted by molar-refractivity contribution is 0.1000. The minimum absolute atomic E-state index is 0.196. The first-order valence-corrected chi connectivity index (χ1v) is 7.82. The molecule has 0 radical (unpaired) electrons. The van der Waals surface area contributed by atoms with Gasteiger partial charge in [-0.15, -0.1) is 11.3 Å². The van der Waals surface area contributed by atoms with E-state index in [1.165, 1.54) is 9.75 Å². The lowest BCUT2D eigenvalue weighted by Gasteiger charge is -2.15. The SMILES string of the molecule is Cc1cc(C(N)=O)ccc1NCc1ccc(C(C)(C)C)s1. The third-order valence-electron chi connectivity index (χ3n) is 3.36. The van der Waals surface area contributed by atoms with E-state index in [9.17, 15) is 4.79 Å². The molecule has 1 aromatic carbocycles. The van der Waals surface area contributed by atoms with Crippen LogP contribution in [0.3, 0.4) is 0 Å². The fourth-order valence-corrected chi connectivity index (χ4v) is 3.08. The topological polar surface area (TPSA) is 55.1 Å². The van der Waals surface area contributed by atoms with E-state index in [0.717, 1.165) is 17.8 Å². The number of nitrogens with two attached hydrogens (primary N) is 1. The lowest BCUT2D eigenvalue weighted by atomic mass is 9.95. The molecule has 3 nitrogen and oxygen atoms in total. The number of thiophene rings is 1. The molecule has 0 saturated heterocycles. The predicted octanol–water partition coefficient (Wildman–Crippen LogP) is 4.07. The highest BCUT2D eigenvalue weighted by Gasteiger charge is 2.15. The van der Waals surface area contributed by atoms with Crippen molar-refractivity contribution in [2.45, 2.75) is 39.7 Å². The van der Waals surface area contributed by atoms with Crippen molar-refractivity contribution in [3.63, 3.8) is 0 Å². The molecule has 21 heavy (non-hydrogen) atoms. The van der Waals surface area contributed by atoms with Crippen LogP contribution >= 0.6 is 11.3 Å². The molecule has 1 aromatic heterocycles. The Labute approximate surface area is 130 Å². The largest absolute Gasteiger partial charge is 0.380 e. The van der Waals surface area contributed by atoms with Crippen molar-refractivity contribution < 1.29 is 4.79 Å². The number of aryl methyl sites for hydroxylation is 1. The Bertz CT molecular complexity index is 653. The zero-order valence-corrected chi connectivity index (χ0v) is 13.8. The Morgan fingerprint density at radius 1 is 1.24 bits per heavy atom. The quantitative estimate of drug-likeness (QED) is 0.894. The van der Waals surface area contributed by atoms with Crippen LogP contribution < -0.4 is 11.1 Å². The Kier molecular flexibility index (Phi) is 4.37. The van der Waals surface area contributed by atoms with Crippen LogP contribution in [-0.4, -0.2) is 5.91 Å². The third kappa shape index (κ3) is 3.85. The fourth-order valence-electron chi connectivity index (χ4n) is 2.07. The van der Waals surface area contributed by atoms with Crippen molar-refractivity contribution in [1.29, 1.82) is 0 Å². The third-order valence-corrected chi connectivity index (χ3v) is 4.88. The van der Waals surface area contributed by atoms with E-state index in [1.54, 1.807) is 6.07 Å². The highest BCUT2D eigenvalue weighted by Crippen LogP contribution is 2.30. The minimum Gasteiger partial charge on any atom is -0.380 e. The average molecular weight is 302 g/mol. The minimum atomic E-state index is -0.391. The first-order valence-electron chi connectivity index (χ1n) is 7.01. The number of primary amides is 1. The van der Waals surface area contributed by atoms with Gasteiger partial charge in [0, 0.05) is 27.5 Å². The molecular formula is C17H22N2OS. The molecule has 3 N–H and O–H groups in total. The van der Waals surface area contributed by atoms with Gasteiger partial charge in [0.25, 0.3) is 0 Å². The Morgan fingerprint density at radius 3 is 2.48 bits per heavy atom. The molecule has 0 aliphatic carbocycles. The summed E-state index contributed by atoms with van der Waals surface area (Å²) in [6, 6.07) is 9.86. The van der Waals surface area contributed by atoms with E-state index in [2.05, 4.69) is 38.2 Å². The molecular weight excluding hydrogens is 280 g/mol. The van der Waals surface area contributed by atoms with Crippen LogP contribution in [0.4, 0.5) is 5.69 Å². The molecule has 0 saturated carbocycles. The molecule has 0 unspecified atom stereocenters. The second-order valence-electron chi connectivity index (χ2n) is 6.26. The van der Waals surface area contributed by atoms with Crippen molar-refractivity contribution in [3.8, 4) is 0 Å². The van der Waals surface area contributed by atoms with Gasteiger partial charge in [0.05, 0.1) is 0 Å². The summed E-state index contributed by atoms with van der Waals surface area (Å²) in [5, 5.41) is 3.42. The number of benzene rings is 1. The number of anilines is 1. The second kappa shape index (κ2) is 5.90. The van der Waals surface area contributed by atoms with Gasteiger partial charge in [-0.3, -0.25) is 4.79 Å². The monoisotopic (exact) mass is 302 g/mol. The van der Waals surface area contributed by atoms with Gasteiger partial charge in [-0.1, -0.05) is 20.8 Å². The zero-order valence-electron chi connectivity index (χ0n) is 13.0. The maximum Gasteiger partial charge on any atom is 0.248 e. The molecule has 0 fully saturated rings. The van der Waals surface area contributed by atoms with E-state index < -0.39 is 5.91 Å². The summed E-state index contributed by atoms with van der Waals surface area (Å²) >= 11 is 1.84. The first kappa shape index (κ1) is 15.6. The molecule has 112 valence electrons. The fraction of sp³-hybridized carbons (Fsp3) is 0.353. The summed E-state index contributed by atoms with van der Waals surface area (Å²) < 4.78 is 0. The number of rotatable bonds is 4. The standard InChI is InChI=1S/C17H22N2OS/c1-11-9-12(16(18)20)5-7-14(11)19-10-13-6-8-15(21-13)17(2,3)4/h5-9,19H,10H2,1-4H3,(H2,18,20). The Hall–Kier alpha value is -1.81. The van der Waals surface area contributed by atoms with E-state index in [4.69, 9.17) is 5.73 Å². The van der Waals surface area contributed by atoms with E-state index in [0.29, 0.717) is 5.56 Å². The first-order chi connectivity index (χ1) is 9.77. The Morgan fingerprint density at radius 2 is 1.95 bits per heavy atom. The number of nitrogens with one attached hydrogen (secondary N) is 1. The molecule has 0 bridgehead atoms. The van der Waals surface area contributed by atoms with Gasteiger partial charge >= 0.3 is 0 Å². The number of carbonyl (C=O) groups is 1. The highest BCUT2D eigenvalue weighted by atomic mass is 32.1. The van der Waals surface area contributed by atoms with Gasteiger partial charge in [-0.05, 0) is 48.2 Å². The van der Waals surface area contributed by atoms with Crippen molar-refractivity contribution in [3.05, 3.63) is 51.2 Å². The van der Waals surface area contributed by atoms with Crippen LogP contribution in [0.5, 0.6) is 0 Å². The van der Waals surface area contributed by atoms with Crippen LogP contribution in [0.2, 0.25) is 0 Å². The summed E-state index contributed by atoms with van der Waals surface area (Å²) in [6.45, 7) is 9.44. The molecule has 0 aliphatic heterocycles. The summed E-state index contributed by atoms with van der Waals surface area (Å²) in [6.07, 6.45) is 0. The number of hydrogen-bond acceptors (Lipinski definition) is 3. The molecule has 1 amide bonds. The maximum absolute atomic E-state index is 11.1. The van der Waals surface area contributed by atoms with E-state index >= 15 is 0 Å². The number of amides is 1. The van der Waals surface area contributed by atoms with Crippen molar-refractivity contribution in [1.82, 2.24) is 0 Å². The van der Waals surface area contributed by atoms with Gasteiger partial charge in [0.15, 0.2) is 0 Å². The summed E-state index contributed by atoms with van der Waals surface area (Å²) in [5.41, 5.74) is 8.09. The van der Waals surface area contributed by atoms with Crippen LogP contribution in [0.15, 0.2) is 30.3 Å². The molecule has 0 aliphatic rings. The highest BCUT2D eigenvalue weighted by molar-refractivity contribution is 7.12. The van der Waals surface area contributed by atoms with Crippen LogP contribution in [-0.2, 0) is 12.0 Å². The van der Waals surface area contributed by atoms with Gasteiger partial charge in [-0.2, -0.15) is 0 Å². The molecule has 0 atom stereocenters. The van der Waals surface area contributed by atoms with E-state index in [-0.39, 0.29) is 5.41 Å².